The van der Waals surface area contributed by atoms with Crippen molar-refractivity contribution in [3.63, 3.8) is 0 Å². The Hall–Kier alpha value is -3.35. The lowest BCUT2D eigenvalue weighted by molar-refractivity contribution is -0.125. The van der Waals surface area contributed by atoms with Crippen LogP contribution in [0.1, 0.15) is 34.3 Å². The van der Waals surface area contributed by atoms with Crippen LogP contribution in [-0.4, -0.2) is 40.6 Å². The molecule has 1 aliphatic rings. The van der Waals surface area contributed by atoms with E-state index in [1.807, 2.05) is 30.3 Å². The largest absolute Gasteiger partial charge is 0.478 e. The van der Waals surface area contributed by atoms with E-state index in [4.69, 9.17) is 9.84 Å². The molecule has 2 N–H and O–H groups in total. The number of hydrogen-bond donors (Lipinski definition) is 2. The van der Waals surface area contributed by atoms with Crippen molar-refractivity contribution < 1.29 is 24.2 Å². The maximum Gasteiger partial charge on any atom is 0.410 e. The Morgan fingerprint density at radius 2 is 1.75 bits per heavy atom. The third-order valence-electron chi connectivity index (χ3n) is 4.66. The minimum Gasteiger partial charge on any atom is -0.478 e. The molecule has 2 aromatic carbocycles. The van der Waals surface area contributed by atoms with Gasteiger partial charge in [0.05, 0.1) is 5.56 Å². The Morgan fingerprint density at radius 1 is 1.04 bits per heavy atom. The molecule has 0 saturated carbocycles. The second-order valence-electron chi connectivity index (χ2n) is 6.61. The number of hydrogen-bond acceptors (Lipinski definition) is 4. The van der Waals surface area contributed by atoms with E-state index in [1.165, 1.54) is 17.0 Å². The molecule has 0 unspecified atom stereocenters. The molecule has 1 saturated heterocycles. The molecule has 1 fully saturated rings. The molecule has 146 valence electrons. The summed E-state index contributed by atoms with van der Waals surface area (Å²) in [7, 11) is 0. The van der Waals surface area contributed by atoms with Gasteiger partial charge in [0.1, 0.15) is 12.6 Å². The van der Waals surface area contributed by atoms with Crippen molar-refractivity contribution in [2.45, 2.75) is 32.0 Å². The Balaban J connectivity index is 1.52. The van der Waals surface area contributed by atoms with Crippen molar-refractivity contribution in [2.24, 2.45) is 0 Å². The summed E-state index contributed by atoms with van der Waals surface area (Å²) in [5.74, 6) is -1.23. The van der Waals surface area contributed by atoms with E-state index < -0.39 is 18.1 Å². The fourth-order valence-corrected chi connectivity index (χ4v) is 3.13. The lowest BCUT2D eigenvalue weighted by Crippen LogP contribution is -2.45. The predicted octanol–water partition coefficient (Wildman–Crippen LogP) is 2.80. The molecule has 0 radical (unpaired) electrons. The van der Waals surface area contributed by atoms with Crippen LogP contribution in [0.25, 0.3) is 0 Å². The summed E-state index contributed by atoms with van der Waals surface area (Å²) in [4.78, 5) is 37.2. The van der Waals surface area contributed by atoms with Crippen molar-refractivity contribution in [2.75, 3.05) is 6.54 Å². The molecule has 0 bridgehead atoms. The molecule has 7 nitrogen and oxygen atoms in total. The maximum atomic E-state index is 12.5. The highest BCUT2D eigenvalue weighted by Crippen LogP contribution is 2.19. The normalized spacial score (nSPS) is 15.9. The molecule has 3 rings (SSSR count). The monoisotopic (exact) mass is 382 g/mol. The fraction of sp³-hybridized carbons (Fsp3) is 0.286. The third-order valence-corrected chi connectivity index (χ3v) is 4.66. The molecular formula is C21H22N2O5. The van der Waals surface area contributed by atoms with Crippen molar-refractivity contribution in [1.29, 1.82) is 0 Å². The molecule has 28 heavy (non-hydrogen) atoms. The summed E-state index contributed by atoms with van der Waals surface area (Å²) in [5.41, 5.74) is 1.87. The SMILES string of the molecule is O=C(O)c1ccc(CNC(=O)[C@@H]2CCCN2C(=O)OCc2ccccc2)cc1. The van der Waals surface area contributed by atoms with Crippen molar-refractivity contribution in [1.82, 2.24) is 10.2 Å². The van der Waals surface area contributed by atoms with Crippen LogP contribution >= 0.6 is 0 Å². The predicted molar refractivity (Wildman–Crippen MR) is 102 cm³/mol. The number of carbonyl (C=O) groups is 3. The first-order chi connectivity index (χ1) is 13.5. The number of ether oxygens (including phenoxy) is 1. The minimum absolute atomic E-state index is 0.167. The Morgan fingerprint density at radius 3 is 2.43 bits per heavy atom. The van der Waals surface area contributed by atoms with Crippen LogP contribution in [0.2, 0.25) is 0 Å². The van der Waals surface area contributed by atoms with E-state index in [0.717, 1.165) is 17.5 Å². The lowest BCUT2D eigenvalue weighted by Gasteiger charge is -2.23. The van der Waals surface area contributed by atoms with E-state index in [2.05, 4.69) is 5.32 Å². The lowest BCUT2D eigenvalue weighted by atomic mass is 10.1. The molecule has 2 aromatic rings. The molecule has 0 spiro atoms. The Bertz CT molecular complexity index is 836. The molecule has 1 aliphatic heterocycles. The summed E-state index contributed by atoms with van der Waals surface area (Å²) < 4.78 is 5.34. The van der Waals surface area contributed by atoms with Crippen LogP contribution in [0.3, 0.4) is 0 Å². The molecule has 2 amide bonds. The number of benzene rings is 2. The number of carboxylic acids is 1. The summed E-state index contributed by atoms with van der Waals surface area (Å²) in [5, 5.41) is 11.7. The zero-order valence-corrected chi connectivity index (χ0v) is 15.3. The van der Waals surface area contributed by atoms with Crippen LogP contribution in [0.15, 0.2) is 54.6 Å². The van der Waals surface area contributed by atoms with Gasteiger partial charge in [0.15, 0.2) is 0 Å². The number of carboxylic acid groups (broad SMARTS) is 1. The zero-order valence-electron chi connectivity index (χ0n) is 15.3. The van der Waals surface area contributed by atoms with E-state index in [1.54, 1.807) is 12.1 Å². The zero-order chi connectivity index (χ0) is 19.9. The Labute approximate surface area is 162 Å². The van der Waals surface area contributed by atoms with Gasteiger partial charge in [-0.1, -0.05) is 42.5 Å². The molecule has 1 heterocycles. The summed E-state index contributed by atoms with van der Waals surface area (Å²) >= 11 is 0. The topological polar surface area (TPSA) is 95.9 Å². The molecule has 0 aliphatic carbocycles. The van der Waals surface area contributed by atoms with Crippen LogP contribution in [0.4, 0.5) is 4.79 Å². The first kappa shape index (κ1) is 19.4. The van der Waals surface area contributed by atoms with Crippen LogP contribution in [0, 0.1) is 0 Å². The average molecular weight is 382 g/mol. The molecular weight excluding hydrogens is 360 g/mol. The number of rotatable bonds is 6. The summed E-state index contributed by atoms with van der Waals surface area (Å²) in [6.07, 6.45) is 0.836. The summed E-state index contributed by atoms with van der Waals surface area (Å²) in [6.45, 7) is 0.918. The number of nitrogens with one attached hydrogen (secondary N) is 1. The van der Waals surface area contributed by atoms with E-state index in [-0.39, 0.29) is 24.6 Å². The number of aromatic carboxylic acids is 1. The third kappa shape index (κ3) is 4.88. The van der Waals surface area contributed by atoms with Gasteiger partial charge in [0.25, 0.3) is 0 Å². The number of amides is 2. The number of nitrogens with zero attached hydrogens (tertiary/aromatic N) is 1. The van der Waals surface area contributed by atoms with Gasteiger partial charge in [-0.2, -0.15) is 0 Å². The van der Waals surface area contributed by atoms with Crippen LogP contribution < -0.4 is 5.32 Å². The van der Waals surface area contributed by atoms with Gasteiger partial charge in [0.2, 0.25) is 5.91 Å². The molecule has 0 aromatic heterocycles. The van der Waals surface area contributed by atoms with Crippen molar-refractivity contribution in [3.05, 3.63) is 71.3 Å². The smallest absolute Gasteiger partial charge is 0.410 e. The number of carbonyl (C=O) groups excluding carboxylic acids is 2. The minimum atomic E-state index is -0.994. The van der Waals surface area contributed by atoms with E-state index in [0.29, 0.717) is 13.0 Å². The molecule has 7 heteroatoms. The van der Waals surface area contributed by atoms with Gasteiger partial charge >= 0.3 is 12.1 Å². The van der Waals surface area contributed by atoms with Crippen molar-refractivity contribution in [3.8, 4) is 0 Å². The first-order valence-electron chi connectivity index (χ1n) is 9.12. The van der Waals surface area contributed by atoms with Gasteiger partial charge in [-0.15, -0.1) is 0 Å². The van der Waals surface area contributed by atoms with E-state index in [9.17, 15) is 14.4 Å². The standard InChI is InChI=1S/C21H22N2O5/c24-19(22-13-15-8-10-17(11-9-15)20(25)26)18-7-4-12-23(18)21(27)28-14-16-5-2-1-3-6-16/h1-3,5-6,8-11,18H,4,7,12-14H2,(H,22,24)(H,25,26)/t18-/m0/s1. The van der Waals surface area contributed by atoms with E-state index >= 15 is 0 Å². The first-order valence-corrected chi connectivity index (χ1v) is 9.12. The maximum absolute atomic E-state index is 12.5. The Kier molecular flexibility index (Phi) is 6.26. The van der Waals surface area contributed by atoms with Gasteiger partial charge in [0, 0.05) is 13.1 Å². The summed E-state index contributed by atoms with van der Waals surface area (Å²) in [6, 6.07) is 15.1. The highest BCUT2D eigenvalue weighted by molar-refractivity contribution is 5.88. The molecule has 1 atom stereocenters. The second-order valence-corrected chi connectivity index (χ2v) is 6.61. The van der Waals surface area contributed by atoms with Gasteiger partial charge in [-0.05, 0) is 36.1 Å². The second kappa shape index (κ2) is 9.03. The average Bonchev–Trinajstić information content (AvgIpc) is 3.21. The van der Waals surface area contributed by atoms with Gasteiger partial charge < -0.3 is 15.2 Å². The van der Waals surface area contributed by atoms with Gasteiger partial charge in [-0.25, -0.2) is 9.59 Å². The van der Waals surface area contributed by atoms with Gasteiger partial charge in [-0.3, -0.25) is 9.69 Å². The highest BCUT2D eigenvalue weighted by Gasteiger charge is 2.34. The fourth-order valence-electron chi connectivity index (χ4n) is 3.13. The number of likely N-dealkylation sites (tertiary alicyclic amines) is 1. The highest BCUT2D eigenvalue weighted by atomic mass is 16.6. The van der Waals surface area contributed by atoms with Crippen molar-refractivity contribution >= 4 is 18.0 Å². The quantitative estimate of drug-likeness (QED) is 0.801. The van der Waals surface area contributed by atoms with Crippen LogP contribution in [0.5, 0.6) is 0 Å². The van der Waals surface area contributed by atoms with Crippen LogP contribution in [-0.2, 0) is 22.7 Å².